The van der Waals surface area contributed by atoms with E-state index in [-0.39, 0.29) is 5.78 Å². The van der Waals surface area contributed by atoms with Gasteiger partial charge in [0.15, 0.2) is 0 Å². The van der Waals surface area contributed by atoms with Gasteiger partial charge < -0.3 is 0 Å². The summed E-state index contributed by atoms with van der Waals surface area (Å²) in [6.45, 7) is 1.90. The number of rotatable bonds is 2. The molecule has 2 rings (SSSR count). The minimum Gasteiger partial charge on any atom is -0.286 e. The van der Waals surface area contributed by atoms with Crippen molar-refractivity contribution < 1.29 is 4.79 Å². The minimum atomic E-state index is 0.0121. The molecule has 0 atom stereocenters. The number of aryl methyl sites for hydroxylation is 1. The maximum atomic E-state index is 11.9. The molecule has 0 aliphatic heterocycles. The van der Waals surface area contributed by atoms with Gasteiger partial charge in [-0.3, -0.25) is 9.78 Å². The summed E-state index contributed by atoms with van der Waals surface area (Å²) in [6, 6.07) is 7.42. The molecule has 70 valence electrons. The number of hydrogen-bond donors (Lipinski definition) is 0. The third-order valence-electron chi connectivity index (χ3n) is 1.97. The molecule has 0 aromatic carbocycles. The van der Waals surface area contributed by atoms with E-state index in [0.717, 1.165) is 10.4 Å². The van der Waals surface area contributed by atoms with E-state index in [9.17, 15) is 4.79 Å². The van der Waals surface area contributed by atoms with Crippen molar-refractivity contribution in [2.75, 3.05) is 0 Å². The summed E-state index contributed by atoms with van der Waals surface area (Å²) in [6.07, 6.45) is 1.65. The highest BCUT2D eigenvalue weighted by Crippen LogP contribution is 2.15. The van der Waals surface area contributed by atoms with E-state index in [2.05, 4.69) is 4.98 Å². The number of thiophene rings is 1. The third kappa shape index (κ3) is 1.59. The van der Waals surface area contributed by atoms with Gasteiger partial charge in [0.05, 0.1) is 4.88 Å². The lowest BCUT2D eigenvalue weighted by atomic mass is 10.1. The molecule has 14 heavy (non-hydrogen) atoms. The predicted molar refractivity (Wildman–Crippen MR) is 56.7 cm³/mol. The Bertz CT molecular complexity index is 448. The molecule has 2 aromatic heterocycles. The van der Waals surface area contributed by atoms with Gasteiger partial charge in [0.2, 0.25) is 5.78 Å². The van der Waals surface area contributed by atoms with Gasteiger partial charge in [0.1, 0.15) is 5.69 Å². The molecular formula is C11H9NOS. The molecule has 2 aromatic rings. The van der Waals surface area contributed by atoms with Crippen molar-refractivity contribution in [2.24, 2.45) is 0 Å². The highest BCUT2D eigenvalue weighted by molar-refractivity contribution is 7.12. The predicted octanol–water partition coefficient (Wildman–Crippen LogP) is 2.68. The van der Waals surface area contributed by atoms with Crippen molar-refractivity contribution >= 4 is 17.1 Å². The molecule has 3 heteroatoms. The van der Waals surface area contributed by atoms with E-state index < -0.39 is 0 Å². The maximum Gasteiger partial charge on any atom is 0.221 e. The Balaban J connectivity index is 2.42. The zero-order valence-electron chi connectivity index (χ0n) is 7.73. The standard InChI is InChI=1S/C11H9NOS/c1-8-4-2-6-12-10(8)11(13)9-5-3-7-14-9/h2-7H,1H3. The van der Waals surface area contributed by atoms with Crippen LogP contribution in [0.5, 0.6) is 0 Å². The molecule has 0 fully saturated rings. The van der Waals surface area contributed by atoms with Gasteiger partial charge in [-0.15, -0.1) is 11.3 Å². The molecule has 0 aliphatic carbocycles. The average molecular weight is 203 g/mol. The molecule has 0 radical (unpaired) electrons. The number of hydrogen-bond acceptors (Lipinski definition) is 3. The molecule has 0 saturated carbocycles. The lowest BCUT2D eigenvalue weighted by molar-refractivity contribution is 0.103. The Labute approximate surface area is 86.2 Å². The normalized spacial score (nSPS) is 10.1. The Hall–Kier alpha value is -1.48. The van der Waals surface area contributed by atoms with Crippen LogP contribution in [-0.4, -0.2) is 10.8 Å². The quantitative estimate of drug-likeness (QED) is 0.702. The molecular weight excluding hydrogens is 194 g/mol. The summed E-state index contributed by atoms with van der Waals surface area (Å²) in [5, 5.41) is 1.89. The van der Waals surface area contributed by atoms with Crippen molar-refractivity contribution in [3.05, 3.63) is 52.0 Å². The van der Waals surface area contributed by atoms with Crippen LogP contribution < -0.4 is 0 Å². The van der Waals surface area contributed by atoms with E-state index in [1.807, 2.05) is 36.6 Å². The van der Waals surface area contributed by atoms with E-state index in [1.165, 1.54) is 11.3 Å². The van der Waals surface area contributed by atoms with Crippen LogP contribution in [0, 0.1) is 6.92 Å². The monoisotopic (exact) mass is 203 g/mol. The number of carbonyl (C=O) groups is 1. The summed E-state index contributed by atoms with van der Waals surface area (Å²) in [4.78, 5) is 16.7. The molecule has 0 unspecified atom stereocenters. The second-order valence-corrected chi connectivity index (χ2v) is 3.92. The SMILES string of the molecule is Cc1cccnc1C(=O)c1cccs1. The van der Waals surface area contributed by atoms with Gasteiger partial charge in [-0.2, -0.15) is 0 Å². The number of pyridine rings is 1. The van der Waals surface area contributed by atoms with Crippen LogP contribution in [0.25, 0.3) is 0 Å². The van der Waals surface area contributed by atoms with Crippen molar-refractivity contribution in [2.45, 2.75) is 6.92 Å². The zero-order chi connectivity index (χ0) is 9.97. The number of carbonyl (C=O) groups excluding carboxylic acids is 1. The Kier molecular flexibility index (Phi) is 2.41. The van der Waals surface area contributed by atoms with Crippen molar-refractivity contribution in [3.63, 3.8) is 0 Å². The smallest absolute Gasteiger partial charge is 0.221 e. The first-order valence-corrected chi connectivity index (χ1v) is 5.17. The topological polar surface area (TPSA) is 30.0 Å². The third-order valence-corrected chi connectivity index (χ3v) is 2.84. The average Bonchev–Trinajstić information content (AvgIpc) is 2.70. The summed E-state index contributed by atoms with van der Waals surface area (Å²) in [5.74, 6) is 0.0121. The summed E-state index contributed by atoms with van der Waals surface area (Å²) in [7, 11) is 0. The van der Waals surface area contributed by atoms with Gasteiger partial charge in [-0.1, -0.05) is 12.1 Å². The summed E-state index contributed by atoms with van der Waals surface area (Å²) >= 11 is 1.45. The van der Waals surface area contributed by atoms with Crippen molar-refractivity contribution in [1.82, 2.24) is 4.98 Å². The summed E-state index contributed by atoms with van der Waals surface area (Å²) < 4.78 is 0. The second-order valence-electron chi connectivity index (χ2n) is 2.98. The first-order chi connectivity index (χ1) is 6.79. The van der Waals surface area contributed by atoms with Gasteiger partial charge in [0, 0.05) is 6.20 Å². The Morgan fingerprint density at radius 3 is 2.86 bits per heavy atom. The van der Waals surface area contributed by atoms with Gasteiger partial charge in [-0.05, 0) is 30.0 Å². The molecule has 2 nitrogen and oxygen atoms in total. The van der Waals surface area contributed by atoms with Gasteiger partial charge in [-0.25, -0.2) is 0 Å². The van der Waals surface area contributed by atoms with Crippen molar-refractivity contribution in [1.29, 1.82) is 0 Å². The fraction of sp³-hybridized carbons (Fsp3) is 0.0909. The lowest BCUT2D eigenvalue weighted by Gasteiger charge is -2.00. The zero-order valence-corrected chi connectivity index (χ0v) is 8.54. The fourth-order valence-electron chi connectivity index (χ4n) is 1.25. The molecule has 0 spiro atoms. The van der Waals surface area contributed by atoms with E-state index in [4.69, 9.17) is 0 Å². The second kappa shape index (κ2) is 3.72. The van der Waals surface area contributed by atoms with Crippen LogP contribution in [0.3, 0.4) is 0 Å². The van der Waals surface area contributed by atoms with Crippen molar-refractivity contribution in [3.8, 4) is 0 Å². The Morgan fingerprint density at radius 2 is 2.21 bits per heavy atom. The van der Waals surface area contributed by atoms with E-state index >= 15 is 0 Å². The minimum absolute atomic E-state index is 0.0121. The van der Waals surface area contributed by atoms with Crippen LogP contribution in [0.4, 0.5) is 0 Å². The maximum absolute atomic E-state index is 11.9. The van der Waals surface area contributed by atoms with Gasteiger partial charge >= 0.3 is 0 Å². The number of ketones is 1. The highest BCUT2D eigenvalue weighted by Gasteiger charge is 2.12. The van der Waals surface area contributed by atoms with E-state index in [0.29, 0.717) is 5.69 Å². The molecule has 0 N–H and O–H groups in total. The molecule has 0 saturated heterocycles. The first-order valence-electron chi connectivity index (χ1n) is 4.29. The number of nitrogens with zero attached hydrogens (tertiary/aromatic N) is 1. The van der Waals surface area contributed by atoms with Crippen LogP contribution in [0.15, 0.2) is 35.8 Å². The highest BCUT2D eigenvalue weighted by atomic mass is 32.1. The largest absolute Gasteiger partial charge is 0.286 e. The van der Waals surface area contributed by atoms with Crippen LogP contribution in [0.2, 0.25) is 0 Å². The molecule has 0 aliphatic rings. The van der Waals surface area contributed by atoms with Crippen LogP contribution in [0.1, 0.15) is 20.9 Å². The molecule has 0 bridgehead atoms. The number of aromatic nitrogens is 1. The molecule has 2 heterocycles. The summed E-state index contributed by atoms with van der Waals surface area (Å²) in [5.41, 5.74) is 1.47. The first kappa shape index (κ1) is 9.09. The van der Waals surface area contributed by atoms with Gasteiger partial charge in [0.25, 0.3) is 0 Å². The van der Waals surface area contributed by atoms with E-state index in [1.54, 1.807) is 6.20 Å². The lowest BCUT2D eigenvalue weighted by Crippen LogP contribution is -2.03. The van der Waals surface area contributed by atoms with Crippen LogP contribution >= 0.6 is 11.3 Å². The van der Waals surface area contributed by atoms with Crippen LogP contribution in [-0.2, 0) is 0 Å². The molecule has 0 amide bonds. The fourth-order valence-corrected chi connectivity index (χ4v) is 1.91. The Morgan fingerprint density at radius 1 is 1.36 bits per heavy atom.